The van der Waals surface area contributed by atoms with Gasteiger partial charge in [-0.05, 0) is 38.2 Å². The van der Waals surface area contributed by atoms with E-state index in [2.05, 4.69) is 22.2 Å². The molecule has 0 fully saturated rings. The summed E-state index contributed by atoms with van der Waals surface area (Å²) in [6, 6.07) is 0. The van der Waals surface area contributed by atoms with Gasteiger partial charge >= 0.3 is 0 Å². The van der Waals surface area contributed by atoms with Crippen LogP contribution < -0.4 is 5.32 Å². The topological polar surface area (TPSA) is 47.0 Å². The molecule has 0 aliphatic heterocycles. The van der Waals surface area contributed by atoms with Crippen molar-refractivity contribution in [3.8, 4) is 0 Å². The Labute approximate surface area is 123 Å². The molecule has 0 radical (unpaired) electrons. The standard InChI is InChI=1S/C15H21N3OS/c1-3-8-16-14-13-10-6-5-7-11(10)20-15(13)18-12(17-14)9-19-4-2/h3-9H2,1-2H3,(H,16,17,18). The highest BCUT2D eigenvalue weighted by Crippen LogP contribution is 2.39. The van der Waals surface area contributed by atoms with Crippen molar-refractivity contribution in [1.29, 1.82) is 0 Å². The number of ether oxygens (including phenoxy) is 1. The van der Waals surface area contributed by atoms with E-state index in [1.807, 2.05) is 18.3 Å². The molecule has 0 saturated carbocycles. The fraction of sp³-hybridized carbons (Fsp3) is 0.600. The second-order valence-electron chi connectivity index (χ2n) is 5.09. The number of fused-ring (bicyclic) bond motifs is 3. The van der Waals surface area contributed by atoms with E-state index in [1.54, 1.807) is 0 Å². The van der Waals surface area contributed by atoms with E-state index in [9.17, 15) is 0 Å². The fourth-order valence-corrected chi connectivity index (χ4v) is 3.95. The number of thiophene rings is 1. The Morgan fingerprint density at radius 1 is 1.25 bits per heavy atom. The van der Waals surface area contributed by atoms with Crippen LogP contribution in [-0.2, 0) is 24.2 Å². The van der Waals surface area contributed by atoms with Gasteiger partial charge in [0.2, 0.25) is 0 Å². The molecule has 0 spiro atoms. The molecule has 2 aromatic heterocycles. The zero-order valence-electron chi connectivity index (χ0n) is 12.2. The maximum atomic E-state index is 5.46. The number of hydrogen-bond donors (Lipinski definition) is 1. The lowest BCUT2D eigenvalue weighted by molar-refractivity contribution is 0.128. The second-order valence-corrected chi connectivity index (χ2v) is 6.17. The minimum atomic E-state index is 0.496. The summed E-state index contributed by atoms with van der Waals surface area (Å²) in [5.41, 5.74) is 1.48. The first-order valence-electron chi connectivity index (χ1n) is 7.46. The first-order chi connectivity index (χ1) is 9.83. The van der Waals surface area contributed by atoms with Crippen LogP contribution in [0.1, 0.15) is 43.0 Å². The lowest BCUT2D eigenvalue weighted by Gasteiger charge is -2.09. The third-order valence-electron chi connectivity index (χ3n) is 3.59. The molecule has 1 aliphatic rings. The quantitative estimate of drug-likeness (QED) is 0.884. The monoisotopic (exact) mass is 291 g/mol. The molecule has 108 valence electrons. The molecule has 5 heteroatoms. The summed E-state index contributed by atoms with van der Waals surface area (Å²) >= 11 is 1.83. The molecule has 0 saturated heterocycles. The van der Waals surface area contributed by atoms with Gasteiger partial charge in [-0.1, -0.05) is 6.92 Å². The first kappa shape index (κ1) is 13.8. The van der Waals surface area contributed by atoms with Gasteiger partial charge in [-0.2, -0.15) is 0 Å². The van der Waals surface area contributed by atoms with E-state index < -0.39 is 0 Å². The second kappa shape index (κ2) is 6.06. The van der Waals surface area contributed by atoms with Gasteiger partial charge in [0.25, 0.3) is 0 Å². The smallest absolute Gasteiger partial charge is 0.158 e. The van der Waals surface area contributed by atoms with Crippen molar-refractivity contribution in [3.63, 3.8) is 0 Å². The third-order valence-corrected chi connectivity index (χ3v) is 4.77. The average Bonchev–Trinajstić information content (AvgIpc) is 3.02. The largest absolute Gasteiger partial charge is 0.374 e. The Bertz CT molecular complexity index is 609. The number of nitrogens with zero attached hydrogens (tertiary/aromatic N) is 2. The molecule has 4 nitrogen and oxygen atoms in total. The van der Waals surface area contributed by atoms with Gasteiger partial charge in [0, 0.05) is 18.0 Å². The average molecular weight is 291 g/mol. The lowest BCUT2D eigenvalue weighted by atomic mass is 10.2. The molecule has 0 aromatic carbocycles. The number of hydrogen-bond acceptors (Lipinski definition) is 5. The van der Waals surface area contributed by atoms with E-state index in [1.165, 1.54) is 35.1 Å². The Morgan fingerprint density at radius 2 is 2.15 bits per heavy atom. The van der Waals surface area contributed by atoms with Crippen LogP contribution >= 0.6 is 11.3 Å². The normalized spacial score (nSPS) is 13.9. The van der Waals surface area contributed by atoms with E-state index in [0.717, 1.165) is 29.4 Å². The number of rotatable bonds is 6. The first-order valence-corrected chi connectivity index (χ1v) is 8.27. The minimum Gasteiger partial charge on any atom is -0.374 e. The van der Waals surface area contributed by atoms with Gasteiger partial charge in [0.1, 0.15) is 17.3 Å². The summed E-state index contributed by atoms with van der Waals surface area (Å²) in [6.45, 7) is 6.31. The Kier molecular flexibility index (Phi) is 4.17. The zero-order chi connectivity index (χ0) is 13.9. The summed E-state index contributed by atoms with van der Waals surface area (Å²) in [5, 5.41) is 4.73. The summed E-state index contributed by atoms with van der Waals surface area (Å²) in [7, 11) is 0. The maximum absolute atomic E-state index is 5.46. The minimum absolute atomic E-state index is 0.496. The van der Waals surface area contributed by atoms with Crippen molar-refractivity contribution in [2.24, 2.45) is 0 Å². The van der Waals surface area contributed by atoms with Gasteiger partial charge < -0.3 is 10.1 Å². The van der Waals surface area contributed by atoms with Crippen LogP contribution in [0.25, 0.3) is 10.2 Å². The zero-order valence-corrected chi connectivity index (χ0v) is 13.0. The predicted molar refractivity (Wildman–Crippen MR) is 83.6 cm³/mol. The molecule has 0 unspecified atom stereocenters. The fourth-order valence-electron chi connectivity index (χ4n) is 2.67. The number of aromatic nitrogens is 2. The molecule has 1 N–H and O–H groups in total. The highest BCUT2D eigenvalue weighted by atomic mass is 32.1. The van der Waals surface area contributed by atoms with Gasteiger partial charge in [0.05, 0.1) is 5.39 Å². The van der Waals surface area contributed by atoms with E-state index in [4.69, 9.17) is 4.74 Å². The van der Waals surface area contributed by atoms with Crippen LogP contribution in [0.2, 0.25) is 0 Å². The molecule has 3 rings (SSSR count). The molecular formula is C15H21N3OS. The van der Waals surface area contributed by atoms with Gasteiger partial charge in [-0.3, -0.25) is 0 Å². The van der Waals surface area contributed by atoms with Crippen LogP contribution in [0.15, 0.2) is 0 Å². The number of aryl methyl sites for hydroxylation is 2. The van der Waals surface area contributed by atoms with Crippen molar-refractivity contribution >= 4 is 27.4 Å². The van der Waals surface area contributed by atoms with Crippen molar-refractivity contribution < 1.29 is 4.74 Å². The van der Waals surface area contributed by atoms with Gasteiger partial charge in [0.15, 0.2) is 5.82 Å². The summed E-state index contributed by atoms with van der Waals surface area (Å²) in [4.78, 5) is 12.0. The molecule has 2 heterocycles. The highest BCUT2D eigenvalue weighted by molar-refractivity contribution is 7.19. The summed E-state index contributed by atoms with van der Waals surface area (Å²) < 4.78 is 5.46. The molecule has 0 amide bonds. The summed E-state index contributed by atoms with van der Waals surface area (Å²) in [5.74, 6) is 1.80. The van der Waals surface area contributed by atoms with Crippen LogP contribution in [-0.4, -0.2) is 23.1 Å². The molecule has 20 heavy (non-hydrogen) atoms. The molecule has 0 bridgehead atoms. The van der Waals surface area contributed by atoms with Crippen molar-refractivity contribution in [1.82, 2.24) is 9.97 Å². The van der Waals surface area contributed by atoms with Gasteiger partial charge in [-0.15, -0.1) is 11.3 Å². The van der Waals surface area contributed by atoms with Gasteiger partial charge in [-0.25, -0.2) is 9.97 Å². The Morgan fingerprint density at radius 3 is 2.95 bits per heavy atom. The maximum Gasteiger partial charge on any atom is 0.158 e. The highest BCUT2D eigenvalue weighted by Gasteiger charge is 2.22. The number of anilines is 1. The predicted octanol–water partition coefficient (Wildman–Crippen LogP) is 3.54. The van der Waals surface area contributed by atoms with E-state index in [-0.39, 0.29) is 0 Å². The van der Waals surface area contributed by atoms with Crippen LogP contribution in [0, 0.1) is 0 Å². The van der Waals surface area contributed by atoms with Crippen molar-refractivity contribution in [2.75, 3.05) is 18.5 Å². The van der Waals surface area contributed by atoms with E-state index in [0.29, 0.717) is 13.2 Å². The summed E-state index contributed by atoms with van der Waals surface area (Å²) in [6.07, 6.45) is 4.73. The van der Waals surface area contributed by atoms with Crippen molar-refractivity contribution in [2.45, 2.75) is 46.1 Å². The molecule has 0 atom stereocenters. The third kappa shape index (κ3) is 2.52. The SMILES string of the molecule is CCCNc1nc(COCC)nc2sc3c(c12)CCC3. The van der Waals surface area contributed by atoms with Crippen LogP contribution in [0.4, 0.5) is 5.82 Å². The van der Waals surface area contributed by atoms with Crippen molar-refractivity contribution in [3.05, 3.63) is 16.3 Å². The van der Waals surface area contributed by atoms with Crippen LogP contribution in [0.3, 0.4) is 0 Å². The van der Waals surface area contributed by atoms with E-state index >= 15 is 0 Å². The Balaban J connectivity index is 2.04. The number of nitrogens with one attached hydrogen (secondary N) is 1. The molecular weight excluding hydrogens is 270 g/mol. The molecule has 2 aromatic rings. The molecule has 1 aliphatic carbocycles. The Hall–Kier alpha value is -1.20. The van der Waals surface area contributed by atoms with Crippen LogP contribution in [0.5, 0.6) is 0 Å². The lowest BCUT2D eigenvalue weighted by Crippen LogP contribution is -2.07.